The summed E-state index contributed by atoms with van der Waals surface area (Å²) in [6.45, 7) is 5.57. The lowest BCUT2D eigenvalue weighted by molar-refractivity contribution is -0.148. The molecular formula is C11H17N3O3S. The molecular weight excluding hydrogens is 254 g/mol. The summed E-state index contributed by atoms with van der Waals surface area (Å²) >= 11 is 1.49. The molecule has 2 atom stereocenters. The van der Waals surface area contributed by atoms with E-state index in [2.05, 4.69) is 15.0 Å². The summed E-state index contributed by atoms with van der Waals surface area (Å²) in [6, 6.07) is -1.58. The molecule has 2 unspecified atom stereocenters. The SMILES string of the molecule is CCOC(=O)C(N)C(=O)NC(C)c1ncc(C)s1. The Hall–Kier alpha value is -1.47. The van der Waals surface area contributed by atoms with Crippen molar-refractivity contribution >= 4 is 23.2 Å². The Bertz CT molecular complexity index is 433. The summed E-state index contributed by atoms with van der Waals surface area (Å²) in [7, 11) is 0. The van der Waals surface area contributed by atoms with Crippen molar-refractivity contribution < 1.29 is 14.3 Å². The summed E-state index contributed by atoms with van der Waals surface area (Å²) in [4.78, 5) is 28.2. The summed E-state index contributed by atoms with van der Waals surface area (Å²) < 4.78 is 4.68. The van der Waals surface area contributed by atoms with Crippen LogP contribution in [0.1, 0.15) is 29.8 Å². The van der Waals surface area contributed by atoms with Crippen molar-refractivity contribution in [3.63, 3.8) is 0 Å². The fraction of sp³-hybridized carbons (Fsp3) is 0.545. The molecule has 0 aliphatic carbocycles. The van der Waals surface area contributed by atoms with Gasteiger partial charge in [-0.2, -0.15) is 0 Å². The number of thiazole rings is 1. The number of aromatic nitrogens is 1. The predicted octanol–water partition coefficient (Wildman–Crippen LogP) is 0.519. The molecule has 0 saturated heterocycles. The van der Waals surface area contributed by atoms with Crippen LogP contribution in [0.2, 0.25) is 0 Å². The minimum atomic E-state index is -1.30. The third-order valence-electron chi connectivity index (χ3n) is 2.19. The van der Waals surface area contributed by atoms with Crippen molar-refractivity contribution in [2.24, 2.45) is 5.73 Å². The first-order valence-corrected chi connectivity index (χ1v) is 6.42. The van der Waals surface area contributed by atoms with E-state index in [9.17, 15) is 9.59 Å². The number of carbonyl (C=O) groups excluding carboxylic acids is 2. The molecule has 3 N–H and O–H groups in total. The first kappa shape index (κ1) is 14.6. The first-order valence-electron chi connectivity index (χ1n) is 5.60. The molecule has 0 spiro atoms. The number of hydrogen-bond acceptors (Lipinski definition) is 6. The largest absolute Gasteiger partial charge is 0.464 e. The van der Waals surface area contributed by atoms with Crippen LogP contribution >= 0.6 is 11.3 Å². The third kappa shape index (κ3) is 3.78. The number of nitrogens with zero attached hydrogens (tertiary/aromatic N) is 1. The molecule has 6 nitrogen and oxygen atoms in total. The van der Waals surface area contributed by atoms with E-state index in [4.69, 9.17) is 5.73 Å². The number of esters is 1. The standard InChI is InChI=1S/C11H17N3O3S/c1-4-17-11(16)8(12)9(15)14-7(3)10-13-5-6(2)18-10/h5,7-8H,4,12H2,1-3H3,(H,14,15). The van der Waals surface area contributed by atoms with Gasteiger partial charge in [0.15, 0.2) is 6.04 Å². The van der Waals surface area contributed by atoms with Crippen LogP contribution in [-0.2, 0) is 14.3 Å². The highest BCUT2D eigenvalue weighted by molar-refractivity contribution is 7.11. The summed E-state index contributed by atoms with van der Waals surface area (Å²) in [5, 5.41) is 3.41. The molecule has 0 aromatic carbocycles. The fourth-order valence-electron chi connectivity index (χ4n) is 1.28. The lowest BCUT2D eigenvalue weighted by Crippen LogP contribution is -2.47. The molecule has 1 aromatic heterocycles. The average Bonchev–Trinajstić information content (AvgIpc) is 2.75. The van der Waals surface area contributed by atoms with Gasteiger partial charge in [0.2, 0.25) is 5.91 Å². The molecule has 0 saturated carbocycles. The van der Waals surface area contributed by atoms with Gasteiger partial charge >= 0.3 is 5.97 Å². The molecule has 1 amide bonds. The topological polar surface area (TPSA) is 94.3 Å². The van der Waals surface area contributed by atoms with Gasteiger partial charge in [0, 0.05) is 11.1 Å². The molecule has 0 bridgehead atoms. The normalized spacial score (nSPS) is 13.8. The van der Waals surface area contributed by atoms with E-state index < -0.39 is 17.9 Å². The number of ether oxygens (including phenoxy) is 1. The smallest absolute Gasteiger partial charge is 0.332 e. The van der Waals surface area contributed by atoms with Crippen molar-refractivity contribution in [2.75, 3.05) is 6.61 Å². The molecule has 7 heteroatoms. The maximum atomic E-state index is 11.7. The van der Waals surface area contributed by atoms with Crippen LogP contribution in [0.4, 0.5) is 0 Å². The van der Waals surface area contributed by atoms with Crippen LogP contribution in [0, 0.1) is 6.92 Å². The second kappa shape index (κ2) is 6.46. The predicted molar refractivity (Wildman–Crippen MR) is 68.0 cm³/mol. The zero-order chi connectivity index (χ0) is 13.7. The Morgan fingerprint density at radius 3 is 2.78 bits per heavy atom. The molecule has 0 radical (unpaired) electrons. The van der Waals surface area contributed by atoms with Gasteiger partial charge in [-0.1, -0.05) is 0 Å². The van der Waals surface area contributed by atoms with Crippen molar-refractivity contribution in [2.45, 2.75) is 32.9 Å². The maximum absolute atomic E-state index is 11.7. The van der Waals surface area contributed by atoms with E-state index in [1.165, 1.54) is 11.3 Å². The number of aryl methyl sites for hydroxylation is 1. The Morgan fingerprint density at radius 2 is 2.28 bits per heavy atom. The molecule has 0 fully saturated rings. The number of nitrogens with two attached hydrogens (primary N) is 1. The lowest BCUT2D eigenvalue weighted by Gasteiger charge is -2.14. The third-order valence-corrected chi connectivity index (χ3v) is 3.29. The molecule has 0 aliphatic heterocycles. The highest BCUT2D eigenvalue weighted by Crippen LogP contribution is 2.18. The summed E-state index contributed by atoms with van der Waals surface area (Å²) in [6.07, 6.45) is 1.73. The van der Waals surface area contributed by atoms with Crippen LogP contribution < -0.4 is 11.1 Å². The van der Waals surface area contributed by atoms with Gasteiger partial charge in [0.1, 0.15) is 5.01 Å². The Kier molecular flexibility index (Phi) is 5.24. The Balaban J connectivity index is 2.56. The molecule has 1 heterocycles. The Morgan fingerprint density at radius 1 is 1.61 bits per heavy atom. The highest BCUT2D eigenvalue weighted by Gasteiger charge is 2.25. The molecule has 18 heavy (non-hydrogen) atoms. The van der Waals surface area contributed by atoms with Crippen LogP contribution in [0.3, 0.4) is 0 Å². The van der Waals surface area contributed by atoms with E-state index in [-0.39, 0.29) is 12.6 Å². The number of amides is 1. The lowest BCUT2D eigenvalue weighted by atomic mass is 10.2. The van der Waals surface area contributed by atoms with E-state index in [1.807, 2.05) is 6.92 Å². The second-order valence-corrected chi connectivity index (χ2v) is 5.04. The van der Waals surface area contributed by atoms with Gasteiger partial charge in [-0.15, -0.1) is 11.3 Å². The number of rotatable bonds is 5. The maximum Gasteiger partial charge on any atom is 0.332 e. The van der Waals surface area contributed by atoms with Gasteiger partial charge in [-0.25, -0.2) is 9.78 Å². The van der Waals surface area contributed by atoms with Gasteiger partial charge < -0.3 is 15.8 Å². The average molecular weight is 271 g/mol. The van der Waals surface area contributed by atoms with Gasteiger partial charge in [0.05, 0.1) is 12.6 Å². The van der Waals surface area contributed by atoms with Crippen molar-refractivity contribution in [1.82, 2.24) is 10.3 Å². The quantitative estimate of drug-likeness (QED) is 0.601. The van der Waals surface area contributed by atoms with Crippen molar-refractivity contribution in [3.05, 3.63) is 16.1 Å². The van der Waals surface area contributed by atoms with E-state index in [0.29, 0.717) is 0 Å². The van der Waals surface area contributed by atoms with Crippen molar-refractivity contribution in [1.29, 1.82) is 0 Å². The molecule has 1 aromatic rings. The summed E-state index contributed by atoms with van der Waals surface area (Å²) in [5.74, 6) is -1.29. The molecule has 0 aliphatic rings. The van der Waals surface area contributed by atoms with Crippen molar-refractivity contribution in [3.8, 4) is 0 Å². The van der Waals surface area contributed by atoms with E-state index in [0.717, 1.165) is 9.88 Å². The number of hydrogen-bond donors (Lipinski definition) is 2. The van der Waals surface area contributed by atoms with Crippen LogP contribution in [0.5, 0.6) is 0 Å². The second-order valence-electron chi connectivity index (χ2n) is 3.77. The van der Waals surface area contributed by atoms with E-state index >= 15 is 0 Å². The van der Waals surface area contributed by atoms with Crippen LogP contribution in [-0.4, -0.2) is 29.5 Å². The van der Waals surface area contributed by atoms with Gasteiger partial charge in [-0.3, -0.25) is 4.79 Å². The molecule has 100 valence electrons. The van der Waals surface area contributed by atoms with Gasteiger partial charge in [0.25, 0.3) is 0 Å². The van der Waals surface area contributed by atoms with Crippen LogP contribution in [0.15, 0.2) is 6.20 Å². The zero-order valence-corrected chi connectivity index (χ0v) is 11.4. The number of carbonyl (C=O) groups is 2. The number of nitrogens with one attached hydrogen (secondary N) is 1. The Labute approximate surface area is 110 Å². The van der Waals surface area contributed by atoms with Gasteiger partial charge in [-0.05, 0) is 20.8 Å². The minimum absolute atomic E-state index is 0.195. The summed E-state index contributed by atoms with van der Waals surface area (Å²) in [5.41, 5.74) is 5.47. The van der Waals surface area contributed by atoms with E-state index in [1.54, 1.807) is 20.0 Å². The van der Waals surface area contributed by atoms with Crippen LogP contribution in [0.25, 0.3) is 0 Å². The molecule has 1 rings (SSSR count). The highest BCUT2D eigenvalue weighted by atomic mass is 32.1. The first-order chi connectivity index (χ1) is 8.45. The zero-order valence-electron chi connectivity index (χ0n) is 10.6. The fourth-order valence-corrected chi connectivity index (χ4v) is 2.05. The monoisotopic (exact) mass is 271 g/mol. The minimum Gasteiger partial charge on any atom is -0.464 e.